The lowest BCUT2D eigenvalue weighted by Crippen LogP contribution is -2.61. The van der Waals surface area contributed by atoms with Crippen LogP contribution in [0.5, 0.6) is 5.75 Å². The lowest BCUT2D eigenvalue weighted by Gasteiger charge is -2.43. The maximum Gasteiger partial charge on any atom is 0.331 e. The van der Waals surface area contributed by atoms with Crippen molar-refractivity contribution in [3.05, 3.63) is 71.8 Å². The van der Waals surface area contributed by atoms with E-state index in [-0.39, 0.29) is 12.4 Å². The van der Waals surface area contributed by atoms with Gasteiger partial charge in [0.2, 0.25) is 0 Å². The Morgan fingerprint density at radius 1 is 0.825 bits per heavy atom. The van der Waals surface area contributed by atoms with Crippen molar-refractivity contribution in [2.24, 2.45) is 0 Å². The van der Waals surface area contributed by atoms with E-state index in [2.05, 4.69) is 0 Å². The number of phenolic OH excluding ortho intramolecular Hbond substituents is 1. The molecule has 0 unspecified atom stereocenters. The van der Waals surface area contributed by atoms with Gasteiger partial charge in [0.05, 0.1) is 19.3 Å². The fourth-order valence-electron chi connectivity index (χ4n) is 4.32. The highest BCUT2D eigenvalue weighted by molar-refractivity contribution is 5.87. The van der Waals surface area contributed by atoms with Crippen molar-refractivity contribution in [3.8, 4) is 5.75 Å². The zero-order valence-electron chi connectivity index (χ0n) is 21.7. The molecule has 2 fully saturated rings. The van der Waals surface area contributed by atoms with Crippen LogP contribution in [0.2, 0.25) is 0 Å². The summed E-state index contributed by atoms with van der Waals surface area (Å²) in [7, 11) is 0. The molecular weight excluding hydrogens is 528 g/mol. The van der Waals surface area contributed by atoms with Gasteiger partial charge in [0.15, 0.2) is 18.7 Å². The number of aromatic hydroxyl groups is 1. The number of carbonyl (C=O) groups is 1. The van der Waals surface area contributed by atoms with Crippen LogP contribution in [0.25, 0.3) is 6.08 Å². The molecule has 2 aliphatic rings. The van der Waals surface area contributed by atoms with Crippen LogP contribution in [0, 0.1) is 0 Å². The summed E-state index contributed by atoms with van der Waals surface area (Å²) >= 11 is 0. The van der Waals surface area contributed by atoms with Crippen LogP contribution in [0.3, 0.4) is 0 Å². The van der Waals surface area contributed by atoms with Crippen LogP contribution in [-0.2, 0) is 35.1 Å². The topological polar surface area (TPSA) is 185 Å². The molecule has 4 rings (SSSR count). The lowest BCUT2D eigenvalue weighted by molar-refractivity contribution is -0.330. The lowest BCUT2D eigenvalue weighted by atomic mass is 9.98. The van der Waals surface area contributed by atoms with E-state index in [1.807, 2.05) is 30.3 Å². The molecule has 10 atom stereocenters. The van der Waals surface area contributed by atoms with Gasteiger partial charge >= 0.3 is 5.97 Å². The standard InChI is InChI=1S/C28H34O12/c1-15-21(31)24(34)26(40-20(30)12-9-16-7-10-18(29)11-8-16)28(38-15)37-14-19-22(32)23(33)25(35)27(39-19)36-13-17-5-3-2-4-6-17/h2-12,15,19,21-29,31-35H,13-14H2,1H3/b12-9+/t15-,19+,21-,22+,23-,24+,25+,26+,27+,28+/m0/s1. The summed E-state index contributed by atoms with van der Waals surface area (Å²) in [6, 6.07) is 15.1. The molecule has 12 nitrogen and oxygen atoms in total. The summed E-state index contributed by atoms with van der Waals surface area (Å²) in [5.41, 5.74) is 1.40. The van der Waals surface area contributed by atoms with E-state index in [1.165, 1.54) is 25.1 Å². The Morgan fingerprint density at radius 3 is 2.23 bits per heavy atom. The molecule has 40 heavy (non-hydrogen) atoms. The Hall–Kier alpha value is -2.91. The number of aliphatic hydroxyl groups is 5. The molecule has 218 valence electrons. The summed E-state index contributed by atoms with van der Waals surface area (Å²) in [6.45, 7) is 1.16. The third-order valence-corrected chi connectivity index (χ3v) is 6.69. The van der Waals surface area contributed by atoms with Gasteiger partial charge in [-0.1, -0.05) is 42.5 Å². The molecule has 0 saturated carbocycles. The molecular formula is C28H34O12. The Balaban J connectivity index is 1.39. The van der Waals surface area contributed by atoms with Crippen molar-refractivity contribution >= 4 is 12.0 Å². The highest BCUT2D eigenvalue weighted by Gasteiger charge is 2.48. The molecule has 6 N–H and O–H groups in total. The number of esters is 1. The van der Waals surface area contributed by atoms with Crippen molar-refractivity contribution in [1.29, 1.82) is 0 Å². The summed E-state index contributed by atoms with van der Waals surface area (Å²) in [5, 5.41) is 61.5. The highest BCUT2D eigenvalue weighted by atomic mass is 16.7. The molecule has 0 aliphatic carbocycles. The Bertz CT molecular complexity index is 1110. The maximum absolute atomic E-state index is 12.5. The van der Waals surface area contributed by atoms with Gasteiger partial charge in [-0.25, -0.2) is 4.79 Å². The molecule has 2 aliphatic heterocycles. The molecule has 0 spiro atoms. The van der Waals surface area contributed by atoms with Crippen molar-refractivity contribution in [1.82, 2.24) is 0 Å². The third-order valence-electron chi connectivity index (χ3n) is 6.69. The first-order valence-electron chi connectivity index (χ1n) is 12.8. The van der Waals surface area contributed by atoms with E-state index in [0.29, 0.717) is 5.56 Å². The van der Waals surface area contributed by atoms with Gasteiger partial charge in [-0.05, 0) is 36.3 Å². The summed E-state index contributed by atoms with van der Waals surface area (Å²) in [5.74, 6) is -0.800. The molecule has 0 bridgehead atoms. The molecule has 2 heterocycles. The number of carbonyl (C=O) groups excluding carboxylic acids is 1. The first kappa shape index (κ1) is 30.1. The minimum atomic E-state index is -1.61. The Labute approximate surface area is 230 Å². The van der Waals surface area contributed by atoms with E-state index in [0.717, 1.165) is 11.6 Å². The molecule has 0 radical (unpaired) electrons. The van der Waals surface area contributed by atoms with Crippen LogP contribution < -0.4 is 0 Å². The largest absolute Gasteiger partial charge is 0.508 e. The van der Waals surface area contributed by atoms with E-state index in [9.17, 15) is 35.4 Å². The van der Waals surface area contributed by atoms with Gasteiger partial charge in [-0.2, -0.15) is 0 Å². The van der Waals surface area contributed by atoms with Gasteiger partial charge in [0.1, 0.15) is 42.4 Å². The van der Waals surface area contributed by atoms with E-state index in [1.54, 1.807) is 12.1 Å². The van der Waals surface area contributed by atoms with Crippen LogP contribution in [0.1, 0.15) is 18.1 Å². The van der Waals surface area contributed by atoms with Crippen molar-refractivity contribution < 1.29 is 59.1 Å². The number of phenols is 1. The monoisotopic (exact) mass is 562 g/mol. The molecule has 2 saturated heterocycles. The van der Waals surface area contributed by atoms with Crippen molar-refractivity contribution in [2.75, 3.05) is 6.61 Å². The number of aliphatic hydroxyl groups excluding tert-OH is 5. The first-order chi connectivity index (χ1) is 19.1. The summed E-state index contributed by atoms with van der Waals surface area (Å²) in [6.07, 6.45) is -11.3. The number of benzene rings is 2. The quantitative estimate of drug-likeness (QED) is 0.175. The summed E-state index contributed by atoms with van der Waals surface area (Å²) < 4.78 is 28.0. The Morgan fingerprint density at radius 2 is 1.52 bits per heavy atom. The first-order valence-corrected chi connectivity index (χ1v) is 12.8. The fourth-order valence-corrected chi connectivity index (χ4v) is 4.32. The second kappa shape index (κ2) is 13.6. The molecule has 0 aromatic heterocycles. The number of hydrogen-bond acceptors (Lipinski definition) is 12. The molecule has 0 amide bonds. The predicted molar refractivity (Wildman–Crippen MR) is 137 cm³/mol. The van der Waals surface area contributed by atoms with Crippen molar-refractivity contribution in [2.45, 2.75) is 74.9 Å². The molecule has 2 aromatic rings. The van der Waals surface area contributed by atoms with Gasteiger partial charge in [0, 0.05) is 6.08 Å². The van der Waals surface area contributed by atoms with Crippen LogP contribution in [0.4, 0.5) is 0 Å². The van der Waals surface area contributed by atoms with Gasteiger partial charge in [-0.3, -0.25) is 0 Å². The average Bonchev–Trinajstić information content (AvgIpc) is 2.96. The van der Waals surface area contributed by atoms with Crippen LogP contribution in [0.15, 0.2) is 60.7 Å². The van der Waals surface area contributed by atoms with E-state index < -0.39 is 74.0 Å². The predicted octanol–water partition coefficient (Wildman–Crippen LogP) is -0.175. The normalized spacial score (nSPS) is 34.5. The maximum atomic E-state index is 12.5. The minimum absolute atomic E-state index is 0.0634. The van der Waals surface area contributed by atoms with Crippen LogP contribution >= 0.6 is 0 Å². The zero-order valence-corrected chi connectivity index (χ0v) is 21.7. The van der Waals surface area contributed by atoms with Gasteiger partial charge in [-0.15, -0.1) is 0 Å². The zero-order chi connectivity index (χ0) is 28.8. The molecule has 2 aromatic carbocycles. The number of rotatable bonds is 9. The average molecular weight is 563 g/mol. The minimum Gasteiger partial charge on any atom is -0.508 e. The van der Waals surface area contributed by atoms with Crippen molar-refractivity contribution in [3.63, 3.8) is 0 Å². The second-order valence-corrected chi connectivity index (χ2v) is 9.66. The summed E-state index contributed by atoms with van der Waals surface area (Å²) in [4.78, 5) is 12.5. The Kier molecular flexibility index (Phi) is 10.2. The smallest absolute Gasteiger partial charge is 0.331 e. The molecule has 12 heteroatoms. The van der Waals surface area contributed by atoms with Gasteiger partial charge in [0.25, 0.3) is 0 Å². The highest BCUT2D eigenvalue weighted by Crippen LogP contribution is 2.28. The number of hydrogen-bond donors (Lipinski definition) is 6. The third kappa shape index (κ3) is 7.43. The fraction of sp³-hybridized carbons (Fsp3) is 0.464. The van der Waals surface area contributed by atoms with Crippen LogP contribution in [-0.4, -0.2) is 105 Å². The second-order valence-electron chi connectivity index (χ2n) is 9.66. The SMILES string of the molecule is C[C@@H]1O[C@@H](OC[C@H]2O[C@@H](OCc3ccccc3)[C@H](O)[C@@H](O)[C@@H]2O)[C@H](OC(=O)/C=C/c2ccc(O)cc2)[C@H](O)[C@H]1O. The van der Waals surface area contributed by atoms with Gasteiger partial charge < -0.3 is 54.3 Å². The number of ether oxygens (including phenoxy) is 5. The van der Waals surface area contributed by atoms with E-state index >= 15 is 0 Å². The van der Waals surface area contributed by atoms with E-state index in [4.69, 9.17) is 23.7 Å².